The molecule has 8 heteroatoms. The lowest BCUT2D eigenvalue weighted by atomic mass is 9.91. The highest BCUT2D eigenvalue weighted by Crippen LogP contribution is 2.22. The number of aliphatic hydroxyl groups is 1. The van der Waals surface area contributed by atoms with Crippen molar-refractivity contribution in [3.05, 3.63) is 0 Å². The second-order valence-corrected chi connectivity index (χ2v) is 6.48. The maximum absolute atomic E-state index is 11.7. The van der Waals surface area contributed by atoms with Gasteiger partial charge >= 0.3 is 17.9 Å². The SMILES string of the molecule is CCC(C)(C)C(=O)OCC(O)CSC(CC(=O)O)C(=O)O. The molecule has 0 saturated heterocycles. The van der Waals surface area contributed by atoms with Crippen LogP contribution in [0, 0.1) is 5.41 Å². The summed E-state index contributed by atoms with van der Waals surface area (Å²) in [6, 6.07) is 0. The smallest absolute Gasteiger partial charge is 0.317 e. The van der Waals surface area contributed by atoms with Crippen LogP contribution in [0.25, 0.3) is 0 Å². The quantitative estimate of drug-likeness (QED) is 0.509. The van der Waals surface area contributed by atoms with Crippen LogP contribution in [0.3, 0.4) is 0 Å². The summed E-state index contributed by atoms with van der Waals surface area (Å²) in [7, 11) is 0. The van der Waals surface area contributed by atoms with E-state index in [-0.39, 0.29) is 12.4 Å². The standard InChI is InChI=1S/C13H22O7S/c1-4-13(2,3)12(19)20-6-8(14)7-21-9(11(17)18)5-10(15)16/h8-9,14H,4-7H2,1-3H3,(H,15,16)(H,17,18). The minimum atomic E-state index is -1.25. The zero-order valence-corrected chi connectivity index (χ0v) is 13.2. The lowest BCUT2D eigenvalue weighted by Gasteiger charge is -2.21. The number of carboxylic acid groups (broad SMARTS) is 2. The van der Waals surface area contributed by atoms with E-state index in [9.17, 15) is 19.5 Å². The zero-order chi connectivity index (χ0) is 16.6. The molecule has 0 aromatic carbocycles. The molecule has 0 aromatic rings. The van der Waals surface area contributed by atoms with Crippen molar-refractivity contribution in [3.8, 4) is 0 Å². The first kappa shape index (κ1) is 19.7. The van der Waals surface area contributed by atoms with Gasteiger partial charge in [0.05, 0.1) is 17.9 Å². The van der Waals surface area contributed by atoms with Gasteiger partial charge in [-0.3, -0.25) is 14.4 Å². The van der Waals surface area contributed by atoms with Crippen LogP contribution in [0.4, 0.5) is 0 Å². The molecule has 3 N–H and O–H groups in total. The van der Waals surface area contributed by atoms with E-state index >= 15 is 0 Å². The summed E-state index contributed by atoms with van der Waals surface area (Å²) < 4.78 is 4.97. The van der Waals surface area contributed by atoms with Crippen LogP contribution in [0.15, 0.2) is 0 Å². The third-order valence-corrected chi connectivity index (χ3v) is 4.32. The number of rotatable bonds is 10. The molecule has 0 aromatic heterocycles. The molecular weight excluding hydrogens is 300 g/mol. The minimum absolute atomic E-state index is 0.0237. The average molecular weight is 322 g/mol. The van der Waals surface area contributed by atoms with Gasteiger partial charge in [0.2, 0.25) is 0 Å². The number of aliphatic hydroxyl groups excluding tert-OH is 1. The molecule has 0 aliphatic rings. The maximum Gasteiger partial charge on any atom is 0.317 e. The topological polar surface area (TPSA) is 121 Å². The number of carboxylic acids is 2. The average Bonchev–Trinajstić information content (AvgIpc) is 2.39. The number of hydrogen-bond donors (Lipinski definition) is 3. The molecule has 21 heavy (non-hydrogen) atoms. The largest absolute Gasteiger partial charge is 0.481 e. The van der Waals surface area contributed by atoms with Crippen LogP contribution in [-0.4, -0.2) is 56.9 Å². The second-order valence-electron chi connectivity index (χ2n) is 5.25. The molecule has 0 aliphatic heterocycles. The van der Waals surface area contributed by atoms with Gasteiger partial charge in [-0.1, -0.05) is 6.92 Å². The summed E-state index contributed by atoms with van der Waals surface area (Å²) in [5, 5.41) is 25.9. The van der Waals surface area contributed by atoms with Crippen molar-refractivity contribution in [1.29, 1.82) is 0 Å². The first-order valence-electron chi connectivity index (χ1n) is 6.51. The van der Waals surface area contributed by atoms with Gasteiger partial charge in [-0.15, -0.1) is 11.8 Å². The van der Waals surface area contributed by atoms with Gasteiger partial charge in [-0.25, -0.2) is 0 Å². The van der Waals surface area contributed by atoms with E-state index in [1.54, 1.807) is 13.8 Å². The monoisotopic (exact) mass is 322 g/mol. The van der Waals surface area contributed by atoms with E-state index < -0.39 is 41.1 Å². The van der Waals surface area contributed by atoms with Crippen molar-refractivity contribution < 1.29 is 34.4 Å². The van der Waals surface area contributed by atoms with Crippen molar-refractivity contribution >= 4 is 29.7 Å². The summed E-state index contributed by atoms with van der Waals surface area (Å²) in [6.07, 6.45) is -0.978. The minimum Gasteiger partial charge on any atom is -0.481 e. The molecule has 0 bridgehead atoms. The Morgan fingerprint density at radius 1 is 1.24 bits per heavy atom. The number of carbonyl (C=O) groups excluding carboxylic acids is 1. The van der Waals surface area contributed by atoms with Gasteiger partial charge < -0.3 is 20.1 Å². The Bertz CT molecular complexity index is 381. The first-order valence-corrected chi connectivity index (χ1v) is 7.56. The normalized spacial score (nSPS) is 14.3. The Labute approximate surface area is 127 Å². The molecule has 0 fully saturated rings. The number of hydrogen-bond acceptors (Lipinski definition) is 6. The van der Waals surface area contributed by atoms with E-state index in [0.29, 0.717) is 6.42 Å². The molecule has 2 unspecified atom stereocenters. The molecule has 2 atom stereocenters. The third-order valence-electron chi connectivity index (χ3n) is 2.97. The van der Waals surface area contributed by atoms with Crippen LogP contribution < -0.4 is 0 Å². The molecule has 122 valence electrons. The summed E-state index contributed by atoms with van der Waals surface area (Å²) in [5.74, 6) is -2.93. The highest BCUT2D eigenvalue weighted by atomic mass is 32.2. The fourth-order valence-electron chi connectivity index (χ4n) is 1.16. The summed E-state index contributed by atoms with van der Waals surface area (Å²) in [5.41, 5.74) is -0.639. The molecular formula is C13H22O7S. The number of esters is 1. The highest BCUT2D eigenvalue weighted by molar-refractivity contribution is 8.00. The van der Waals surface area contributed by atoms with Gasteiger partial charge in [0, 0.05) is 5.75 Å². The summed E-state index contributed by atoms with van der Waals surface area (Å²) in [4.78, 5) is 33.0. The Morgan fingerprint density at radius 2 is 1.81 bits per heavy atom. The molecule has 0 rings (SSSR count). The van der Waals surface area contributed by atoms with Crippen molar-refractivity contribution in [2.75, 3.05) is 12.4 Å². The Hall–Kier alpha value is -1.28. The maximum atomic E-state index is 11.7. The van der Waals surface area contributed by atoms with Gasteiger partial charge in [-0.05, 0) is 20.3 Å². The van der Waals surface area contributed by atoms with Crippen LogP contribution in [-0.2, 0) is 19.1 Å². The third kappa shape index (κ3) is 7.91. The van der Waals surface area contributed by atoms with E-state index in [1.807, 2.05) is 6.92 Å². The predicted octanol–water partition coefficient (Wildman–Crippen LogP) is 0.988. The molecule has 0 saturated carbocycles. The summed E-state index contributed by atoms with van der Waals surface area (Å²) >= 11 is 0.809. The molecule has 7 nitrogen and oxygen atoms in total. The molecule has 0 amide bonds. The Kier molecular flexibility index (Phi) is 8.34. The van der Waals surface area contributed by atoms with Crippen molar-refractivity contribution in [2.24, 2.45) is 5.41 Å². The van der Waals surface area contributed by atoms with E-state index in [2.05, 4.69) is 0 Å². The van der Waals surface area contributed by atoms with Crippen LogP contribution >= 0.6 is 11.8 Å². The molecule has 0 aliphatic carbocycles. The van der Waals surface area contributed by atoms with Crippen molar-refractivity contribution in [2.45, 2.75) is 45.0 Å². The highest BCUT2D eigenvalue weighted by Gasteiger charge is 2.28. The summed E-state index contributed by atoms with van der Waals surface area (Å²) in [6.45, 7) is 5.05. The van der Waals surface area contributed by atoms with Gasteiger partial charge in [0.15, 0.2) is 0 Å². The predicted molar refractivity (Wildman–Crippen MR) is 77.2 cm³/mol. The van der Waals surface area contributed by atoms with Gasteiger partial charge in [0.25, 0.3) is 0 Å². The fourth-order valence-corrected chi connectivity index (χ4v) is 2.12. The van der Waals surface area contributed by atoms with Crippen molar-refractivity contribution in [3.63, 3.8) is 0 Å². The number of ether oxygens (including phenoxy) is 1. The Morgan fingerprint density at radius 3 is 2.24 bits per heavy atom. The molecule has 0 heterocycles. The van der Waals surface area contributed by atoms with Gasteiger partial charge in [0.1, 0.15) is 11.9 Å². The van der Waals surface area contributed by atoms with Gasteiger partial charge in [-0.2, -0.15) is 0 Å². The van der Waals surface area contributed by atoms with E-state index in [1.165, 1.54) is 0 Å². The fraction of sp³-hybridized carbons (Fsp3) is 0.769. The van der Waals surface area contributed by atoms with E-state index in [4.69, 9.17) is 14.9 Å². The number of aliphatic carboxylic acids is 2. The molecule has 0 spiro atoms. The lowest BCUT2D eigenvalue weighted by molar-refractivity contribution is -0.156. The second kappa shape index (κ2) is 8.89. The van der Waals surface area contributed by atoms with E-state index in [0.717, 1.165) is 11.8 Å². The first-order chi connectivity index (χ1) is 9.60. The lowest BCUT2D eigenvalue weighted by Crippen LogP contribution is -2.30. The number of carbonyl (C=O) groups is 3. The van der Waals surface area contributed by atoms with Crippen molar-refractivity contribution in [1.82, 2.24) is 0 Å². The molecule has 0 radical (unpaired) electrons. The Balaban J connectivity index is 4.20. The zero-order valence-electron chi connectivity index (χ0n) is 12.4. The number of thioether (sulfide) groups is 1. The van der Waals surface area contributed by atoms with Crippen LogP contribution in [0.2, 0.25) is 0 Å². The van der Waals surface area contributed by atoms with Crippen LogP contribution in [0.1, 0.15) is 33.6 Å². The van der Waals surface area contributed by atoms with Crippen LogP contribution in [0.5, 0.6) is 0 Å².